The molecule has 0 bridgehead atoms. The van der Waals surface area contributed by atoms with Crippen LogP contribution in [0.3, 0.4) is 0 Å². The second kappa shape index (κ2) is 14.4. The van der Waals surface area contributed by atoms with Crippen LogP contribution >= 0.6 is 23.2 Å². The van der Waals surface area contributed by atoms with Gasteiger partial charge in [0.15, 0.2) is 5.65 Å². The minimum absolute atomic E-state index is 0.142. The molecule has 0 fully saturated rings. The van der Waals surface area contributed by atoms with Crippen LogP contribution < -0.4 is 10.6 Å². The van der Waals surface area contributed by atoms with E-state index in [0.29, 0.717) is 38.4 Å². The van der Waals surface area contributed by atoms with Crippen molar-refractivity contribution in [3.8, 4) is 22.5 Å². The molecule has 2 N–H and O–H groups in total. The fourth-order valence-corrected chi connectivity index (χ4v) is 4.85. The van der Waals surface area contributed by atoms with Gasteiger partial charge in [-0.15, -0.1) is 0 Å². The molecule has 0 aliphatic carbocycles. The summed E-state index contributed by atoms with van der Waals surface area (Å²) in [6.45, 7) is 11.6. The quantitative estimate of drug-likeness (QED) is 0.171. The number of aromatic nitrogens is 3. The number of pyridine rings is 1. The zero-order valence-electron chi connectivity index (χ0n) is 23.9. The van der Waals surface area contributed by atoms with Crippen molar-refractivity contribution in [1.29, 1.82) is 0 Å². The number of fused-ring (bicyclic) bond motifs is 1. The summed E-state index contributed by atoms with van der Waals surface area (Å²) < 4.78 is 5.09. The third-order valence-electron chi connectivity index (χ3n) is 6.79. The average molecular weight is 596 g/mol. The smallest absolute Gasteiger partial charge is 0.412 e. The van der Waals surface area contributed by atoms with Crippen molar-refractivity contribution >= 4 is 52.0 Å². The van der Waals surface area contributed by atoms with Crippen molar-refractivity contribution in [3.63, 3.8) is 0 Å². The van der Waals surface area contributed by atoms with E-state index >= 15 is 0 Å². The molecule has 0 aliphatic rings. The summed E-state index contributed by atoms with van der Waals surface area (Å²) in [5.41, 5.74) is 4.72. The van der Waals surface area contributed by atoms with E-state index in [1.54, 1.807) is 13.0 Å². The number of carbonyl (C=O) groups excluding carboxylic acids is 1. The summed E-state index contributed by atoms with van der Waals surface area (Å²) in [5, 5.41) is 7.58. The van der Waals surface area contributed by atoms with Crippen molar-refractivity contribution in [2.75, 3.05) is 36.9 Å². The summed E-state index contributed by atoms with van der Waals surface area (Å²) >= 11 is 12.4. The molecule has 4 aromatic rings. The summed E-state index contributed by atoms with van der Waals surface area (Å²) in [6, 6.07) is 16.8. The predicted octanol–water partition coefficient (Wildman–Crippen LogP) is 8.16. The van der Waals surface area contributed by atoms with E-state index in [1.807, 2.05) is 48.5 Å². The van der Waals surface area contributed by atoms with E-state index in [1.165, 1.54) is 0 Å². The molecule has 2 heterocycles. The Morgan fingerprint density at radius 2 is 1.49 bits per heavy atom. The van der Waals surface area contributed by atoms with Crippen LogP contribution in [0.4, 0.5) is 16.3 Å². The molecule has 216 valence electrons. The SMILES string of the molecule is CCOC(=O)Nc1cc(NC(C)CCCN(CC)CC)c2nc(-c3ccc(Cl)cc3)c(-c3ccc(Cl)cc3)nc2n1. The second-order valence-electron chi connectivity index (χ2n) is 9.72. The fourth-order valence-electron chi connectivity index (χ4n) is 4.60. The lowest BCUT2D eigenvalue weighted by molar-refractivity contribution is 0.168. The minimum atomic E-state index is -0.582. The normalized spacial score (nSPS) is 12.0. The van der Waals surface area contributed by atoms with E-state index < -0.39 is 6.09 Å². The zero-order chi connectivity index (χ0) is 29.4. The van der Waals surface area contributed by atoms with Gasteiger partial charge in [-0.25, -0.2) is 19.7 Å². The number of hydrogen-bond acceptors (Lipinski definition) is 7. The van der Waals surface area contributed by atoms with Crippen LogP contribution in [-0.4, -0.2) is 58.2 Å². The molecule has 1 atom stereocenters. The standard InChI is InChI=1S/C31H36Cl2N6O2/c1-5-39(6-2)18-8-9-20(4)34-25-19-26(36-31(40)41-7-3)35-30-29(25)37-27(21-10-14-23(32)15-11-21)28(38-30)22-12-16-24(33)17-13-22/h10-17,19-20H,5-9,18H2,1-4H3,(H2,34,35,36,38,40). The van der Waals surface area contributed by atoms with Gasteiger partial charge in [0.2, 0.25) is 0 Å². The van der Waals surface area contributed by atoms with Crippen molar-refractivity contribution < 1.29 is 9.53 Å². The lowest BCUT2D eigenvalue weighted by Gasteiger charge is -2.21. The molecular weight excluding hydrogens is 559 g/mol. The van der Waals surface area contributed by atoms with Crippen LogP contribution in [0.1, 0.15) is 40.5 Å². The number of amides is 1. The molecule has 2 aromatic heterocycles. The summed E-state index contributed by atoms with van der Waals surface area (Å²) in [4.78, 5) is 29.4. The van der Waals surface area contributed by atoms with Crippen LogP contribution in [0.2, 0.25) is 10.0 Å². The van der Waals surface area contributed by atoms with Crippen molar-refractivity contribution in [3.05, 3.63) is 64.6 Å². The Morgan fingerprint density at radius 1 is 0.902 bits per heavy atom. The molecule has 41 heavy (non-hydrogen) atoms. The predicted molar refractivity (Wildman–Crippen MR) is 169 cm³/mol. The fraction of sp³-hybridized carbons (Fsp3) is 0.355. The number of nitrogens with one attached hydrogen (secondary N) is 2. The first-order chi connectivity index (χ1) is 19.8. The molecule has 0 radical (unpaired) electrons. The van der Waals surface area contributed by atoms with Crippen LogP contribution in [-0.2, 0) is 4.74 Å². The molecule has 10 heteroatoms. The topological polar surface area (TPSA) is 92.3 Å². The molecule has 2 aromatic carbocycles. The molecule has 0 spiro atoms. The number of nitrogens with zero attached hydrogens (tertiary/aromatic N) is 4. The number of anilines is 2. The monoisotopic (exact) mass is 594 g/mol. The zero-order valence-corrected chi connectivity index (χ0v) is 25.4. The van der Waals surface area contributed by atoms with Crippen LogP contribution in [0.15, 0.2) is 54.6 Å². The minimum Gasteiger partial charge on any atom is -0.450 e. The highest BCUT2D eigenvalue weighted by atomic mass is 35.5. The maximum atomic E-state index is 12.3. The van der Waals surface area contributed by atoms with E-state index in [2.05, 4.69) is 41.3 Å². The number of benzene rings is 2. The van der Waals surface area contributed by atoms with Gasteiger partial charge in [0.25, 0.3) is 0 Å². The average Bonchev–Trinajstić information content (AvgIpc) is 2.96. The Kier molecular flexibility index (Phi) is 10.7. The van der Waals surface area contributed by atoms with E-state index in [4.69, 9.17) is 37.9 Å². The molecule has 1 unspecified atom stereocenters. The molecular formula is C31H36Cl2N6O2. The van der Waals surface area contributed by atoms with Crippen molar-refractivity contribution in [1.82, 2.24) is 19.9 Å². The van der Waals surface area contributed by atoms with Crippen LogP contribution in [0.25, 0.3) is 33.7 Å². The van der Waals surface area contributed by atoms with Crippen LogP contribution in [0, 0.1) is 0 Å². The van der Waals surface area contributed by atoms with E-state index in [0.717, 1.165) is 49.3 Å². The van der Waals surface area contributed by atoms with Gasteiger partial charge in [-0.05, 0) is 70.6 Å². The number of hydrogen-bond donors (Lipinski definition) is 2. The number of rotatable bonds is 12. The Balaban J connectivity index is 1.81. The van der Waals surface area contributed by atoms with E-state index in [-0.39, 0.29) is 12.6 Å². The Morgan fingerprint density at radius 3 is 2.05 bits per heavy atom. The largest absolute Gasteiger partial charge is 0.450 e. The van der Waals surface area contributed by atoms with Gasteiger partial charge in [-0.1, -0.05) is 61.3 Å². The van der Waals surface area contributed by atoms with Gasteiger partial charge >= 0.3 is 6.09 Å². The summed E-state index contributed by atoms with van der Waals surface area (Å²) in [6.07, 6.45) is 1.43. The highest BCUT2D eigenvalue weighted by molar-refractivity contribution is 6.31. The first-order valence-corrected chi connectivity index (χ1v) is 14.7. The van der Waals surface area contributed by atoms with Crippen LogP contribution in [0.5, 0.6) is 0 Å². The summed E-state index contributed by atoms with van der Waals surface area (Å²) in [7, 11) is 0. The van der Waals surface area contributed by atoms with Gasteiger partial charge in [-0.2, -0.15) is 0 Å². The first kappa shape index (κ1) is 30.5. The number of ether oxygens (including phenoxy) is 1. The molecule has 0 aliphatic heterocycles. The van der Waals surface area contributed by atoms with Crippen molar-refractivity contribution in [2.45, 2.75) is 46.6 Å². The molecule has 0 saturated carbocycles. The molecule has 4 rings (SSSR count). The van der Waals surface area contributed by atoms with Gasteiger partial charge < -0.3 is 15.0 Å². The van der Waals surface area contributed by atoms with Gasteiger partial charge in [0.05, 0.1) is 23.7 Å². The molecule has 0 saturated heterocycles. The lowest BCUT2D eigenvalue weighted by Crippen LogP contribution is -2.25. The Bertz CT molecular complexity index is 1460. The highest BCUT2D eigenvalue weighted by Gasteiger charge is 2.19. The third kappa shape index (κ3) is 8.06. The van der Waals surface area contributed by atoms with Crippen molar-refractivity contribution in [2.24, 2.45) is 0 Å². The second-order valence-corrected chi connectivity index (χ2v) is 10.6. The molecule has 8 nitrogen and oxygen atoms in total. The van der Waals surface area contributed by atoms with Gasteiger partial charge in [-0.3, -0.25) is 5.32 Å². The maximum absolute atomic E-state index is 12.3. The molecule has 1 amide bonds. The maximum Gasteiger partial charge on any atom is 0.412 e. The highest BCUT2D eigenvalue weighted by Crippen LogP contribution is 2.34. The third-order valence-corrected chi connectivity index (χ3v) is 7.29. The Labute approximate surface area is 251 Å². The lowest BCUT2D eigenvalue weighted by atomic mass is 10.0. The number of carbonyl (C=O) groups is 1. The van der Waals surface area contributed by atoms with E-state index in [9.17, 15) is 4.79 Å². The van der Waals surface area contributed by atoms with Gasteiger partial charge in [0, 0.05) is 33.3 Å². The first-order valence-electron chi connectivity index (χ1n) is 14.0. The van der Waals surface area contributed by atoms with Gasteiger partial charge in [0.1, 0.15) is 11.3 Å². The Hall–Kier alpha value is -3.46. The number of halogens is 2. The summed E-state index contributed by atoms with van der Waals surface area (Å²) in [5.74, 6) is 0.324.